The standard InChI is InChI=1S/C29H37N7O5/c37-26(23-7-3-1-4-8-23)30-11-15-38-17-18-39-16-12-31-27-33-28(35-29(34-27)36-13-5-2-6-14-36)32-20-22-9-10-24-25(19-22)41-21-40-24/h1,3-4,7-10,19H,2,5-6,11-18,20-21H2,(H,30,37)(H2,31,32,33,34,35). The summed E-state index contributed by atoms with van der Waals surface area (Å²) in [5.41, 5.74) is 1.68. The number of hydrogen-bond acceptors (Lipinski definition) is 11. The monoisotopic (exact) mass is 563 g/mol. The quantitative estimate of drug-likeness (QED) is 0.236. The van der Waals surface area contributed by atoms with E-state index in [1.165, 1.54) is 6.42 Å². The van der Waals surface area contributed by atoms with Crippen LogP contribution >= 0.6 is 0 Å². The molecule has 2 aliphatic heterocycles. The first kappa shape index (κ1) is 28.4. The molecule has 0 radical (unpaired) electrons. The number of rotatable bonds is 15. The van der Waals surface area contributed by atoms with Crippen molar-refractivity contribution in [3.63, 3.8) is 0 Å². The van der Waals surface area contributed by atoms with Gasteiger partial charge < -0.3 is 39.8 Å². The fourth-order valence-electron chi connectivity index (χ4n) is 4.48. The molecule has 0 aliphatic carbocycles. The molecule has 5 rings (SSSR count). The van der Waals surface area contributed by atoms with Crippen LogP contribution in [0.15, 0.2) is 48.5 Å². The average Bonchev–Trinajstić information content (AvgIpc) is 3.50. The number of nitrogens with one attached hydrogen (secondary N) is 3. The summed E-state index contributed by atoms with van der Waals surface area (Å²) in [6.45, 7) is 5.43. The zero-order chi connectivity index (χ0) is 28.1. The van der Waals surface area contributed by atoms with Crippen LogP contribution in [-0.2, 0) is 16.0 Å². The molecule has 41 heavy (non-hydrogen) atoms. The Morgan fingerprint density at radius 2 is 1.54 bits per heavy atom. The molecular weight excluding hydrogens is 526 g/mol. The van der Waals surface area contributed by atoms with Crippen LogP contribution in [0.2, 0.25) is 0 Å². The van der Waals surface area contributed by atoms with Gasteiger partial charge in [-0.05, 0) is 49.1 Å². The minimum atomic E-state index is -0.107. The van der Waals surface area contributed by atoms with Crippen molar-refractivity contribution in [3.8, 4) is 11.5 Å². The second-order valence-electron chi connectivity index (χ2n) is 9.64. The Kier molecular flexibility index (Phi) is 10.4. The van der Waals surface area contributed by atoms with Crippen molar-refractivity contribution in [2.75, 3.05) is 74.9 Å². The third-order valence-corrected chi connectivity index (χ3v) is 6.62. The highest BCUT2D eigenvalue weighted by Crippen LogP contribution is 2.32. The molecule has 0 atom stereocenters. The molecule has 3 N–H and O–H groups in total. The van der Waals surface area contributed by atoms with E-state index in [9.17, 15) is 4.79 Å². The van der Waals surface area contributed by atoms with Crippen molar-refractivity contribution in [1.29, 1.82) is 0 Å². The van der Waals surface area contributed by atoms with Gasteiger partial charge >= 0.3 is 0 Å². The number of benzene rings is 2. The Morgan fingerprint density at radius 1 is 0.805 bits per heavy atom. The van der Waals surface area contributed by atoms with Crippen LogP contribution in [0.25, 0.3) is 0 Å². The zero-order valence-corrected chi connectivity index (χ0v) is 23.1. The molecule has 1 amide bonds. The molecule has 2 aliphatic rings. The summed E-state index contributed by atoms with van der Waals surface area (Å²) < 4.78 is 22.1. The molecular formula is C29H37N7O5. The largest absolute Gasteiger partial charge is 0.454 e. The van der Waals surface area contributed by atoms with Crippen molar-refractivity contribution in [2.24, 2.45) is 0 Å². The van der Waals surface area contributed by atoms with Gasteiger partial charge in [-0.25, -0.2) is 0 Å². The predicted molar refractivity (Wildman–Crippen MR) is 155 cm³/mol. The van der Waals surface area contributed by atoms with Gasteiger partial charge in [0.15, 0.2) is 11.5 Å². The van der Waals surface area contributed by atoms with Gasteiger partial charge in [-0.15, -0.1) is 0 Å². The average molecular weight is 564 g/mol. The molecule has 12 heteroatoms. The van der Waals surface area contributed by atoms with E-state index in [0.717, 1.165) is 43.0 Å². The Hall–Kier alpha value is -4.16. The first-order valence-corrected chi connectivity index (χ1v) is 14.1. The van der Waals surface area contributed by atoms with Gasteiger partial charge in [0, 0.05) is 38.3 Å². The van der Waals surface area contributed by atoms with Crippen molar-refractivity contribution in [1.82, 2.24) is 20.3 Å². The lowest BCUT2D eigenvalue weighted by Gasteiger charge is -2.27. The molecule has 3 heterocycles. The van der Waals surface area contributed by atoms with E-state index < -0.39 is 0 Å². The van der Waals surface area contributed by atoms with Crippen LogP contribution in [0, 0.1) is 0 Å². The summed E-state index contributed by atoms with van der Waals surface area (Å²) in [4.78, 5) is 28.1. The number of anilines is 3. The zero-order valence-electron chi connectivity index (χ0n) is 23.1. The van der Waals surface area contributed by atoms with Crippen LogP contribution in [0.1, 0.15) is 35.2 Å². The Morgan fingerprint density at radius 3 is 2.34 bits per heavy atom. The summed E-state index contributed by atoms with van der Waals surface area (Å²) in [7, 11) is 0. The number of carbonyl (C=O) groups is 1. The highest BCUT2D eigenvalue weighted by molar-refractivity contribution is 5.94. The fourth-order valence-corrected chi connectivity index (χ4v) is 4.48. The lowest BCUT2D eigenvalue weighted by atomic mass is 10.1. The van der Waals surface area contributed by atoms with Gasteiger partial charge in [-0.2, -0.15) is 15.0 Å². The van der Waals surface area contributed by atoms with E-state index in [4.69, 9.17) is 18.9 Å². The lowest BCUT2D eigenvalue weighted by Crippen LogP contribution is -2.31. The number of carbonyl (C=O) groups excluding carboxylic acids is 1. The molecule has 0 saturated carbocycles. The summed E-state index contributed by atoms with van der Waals surface area (Å²) in [6, 6.07) is 15.0. The molecule has 0 unspecified atom stereocenters. The first-order valence-electron chi connectivity index (χ1n) is 14.1. The summed E-state index contributed by atoms with van der Waals surface area (Å²) in [6.07, 6.45) is 3.48. The number of ether oxygens (including phenoxy) is 4. The molecule has 1 fully saturated rings. The summed E-state index contributed by atoms with van der Waals surface area (Å²) in [5, 5.41) is 9.42. The third kappa shape index (κ3) is 8.66. The SMILES string of the molecule is O=C(NCCOCCOCCNc1nc(NCc2ccc3c(c2)OCO3)nc(N2CCCCC2)n1)c1ccccc1. The van der Waals surface area contributed by atoms with Gasteiger partial charge in [0.2, 0.25) is 24.6 Å². The normalized spacial score (nSPS) is 14.1. The van der Waals surface area contributed by atoms with E-state index in [0.29, 0.717) is 69.5 Å². The van der Waals surface area contributed by atoms with Crippen molar-refractivity contribution in [2.45, 2.75) is 25.8 Å². The van der Waals surface area contributed by atoms with E-state index in [-0.39, 0.29) is 12.7 Å². The van der Waals surface area contributed by atoms with Gasteiger partial charge in [0.1, 0.15) is 0 Å². The van der Waals surface area contributed by atoms with Crippen LogP contribution < -0.4 is 30.3 Å². The van der Waals surface area contributed by atoms with E-state index in [2.05, 4.69) is 35.8 Å². The highest BCUT2D eigenvalue weighted by atomic mass is 16.7. The topological polar surface area (TPSA) is 132 Å². The van der Waals surface area contributed by atoms with Gasteiger partial charge in [-0.3, -0.25) is 4.79 Å². The van der Waals surface area contributed by atoms with E-state index >= 15 is 0 Å². The van der Waals surface area contributed by atoms with E-state index in [1.807, 2.05) is 36.4 Å². The molecule has 12 nitrogen and oxygen atoms in total. The second kappa shape index (κ2) is 15.0. The number of amides is 1. The Bertz CT molecular complexity index is 1260. The fraction of sp³-hybridized carbons (Fsp3) is 0.448. The molecule has 1 saturated heterocycles. The Labute approximate surface area is 239 Å². The third-order valence-electron chi connectivity index (χ3n) is 6.62. The molecule has 3 aromatic rings. The number of nitrogens with zero attached hydrogens (tertiary/aromatic N) is 4. The summed E-state index contributed by atoms with van der Waals surface area (Å²) in [5.74, 6) is 3.08. The van der Waals surface area contributed by atoms with Crippen LogP contribution in [-0.4, -0.2) is 80.3 Å². The highest BCUT2D eigenvalue weighted by Gasteiger charge is 2.17. The van der Waals surface area contributed by atoms with Gasteiger partial charge in [0.05, 0.1) is 26.4 Å². The maximum Gasteiger partial charge on any atom is 0.251 e. The van der Waals surface area contributed by atoms with Crippen molar-refractivity contribution in [3.05, 3.63) is 59.7 Å². The van der Waals surface area contributed by atoms with Crippen LogP contribution in [0.5, 0.6) is 11.5 Å². The predicted octanol–water partition coefficient (Wildman–Crippen LogP) is 3.08. The van der Waals surface area contributed by atoms with E-state index in [1.54, 1.807) is 12.1 Å². The second-order valence-corrected chi connectivity index (χ2v) is 9.64. The van der Waals surface area contributed by atoms with Crippen molar-refractivity contribution < 1.29 is 23.7 Å². The maximum atomic E-state index is 12.0. The van der Waals surface area contributed by atoms with Gasteiger partial charge in [-0.1, -0.05) is 24.3 Å². The van der Waals surface area contributed by atoms with Crippen LogP contribution in [0.4, 0.5) is 17.8 Å². The summed E-state index contributed by atoms with van der Waals surface area (Å²) >= 11 is 0. The Balaban J connectivity index is 1.03. The first-order chi connectivity index (χ1) is 20.2. The number of hydrogen-bond donors (Lipinski definition) is 3. The number of aromatic nitrogens is 3. The molecule has 0 spiro atoms. The minimum absolute atomic E-state index is 0.107. The molecule has 1 aromatic heterocycles. The number of piperidine rings is 1. The minimum Gasteiger partial charge on any atom is -0.454 e. The van der Waals surface area contributed by atoms with Crippen molar-refractivity contribution >= 4 is 23.8 Å². The smallest absolute Gasteiger partial charge is 0.251 e. The van der Waals surface area contributed by atoms with Gasteiger partial charge in [0.25, 0.3) is 5.91 Å². The number of fused-ring (bicyclic) bond motifs is 1. The molecule has 218 valence electrons. The lowest BCUT2D eigenvalue weighted by molar-refractivity contribution is 0.0519. The maximum absolute atomic E-state index is 12.0. The molecule has 0 bridgehead atoms. The molecule has 2 aromatic carbocycles. The van der Waals surface area contributed by atoms with Crippen LogP contribution in [0.3, 0.4) is 0 Å².